The molecular weight excluding hydrogens is 741 g/mol. The number of alkyl halides is 2. The smallest absolute Gasteiger partial charge is 0.410 e. The van der Waals surface area contributed by atoms with Crippen LogP contribution in [0.15, 0.2) is 43.1 Å². The summed E-state index contributed by atoms with van der Waals surface area (Å²) in [4.78, 5) is 35.8. The zero-order valence-electron chi connectivity index (χ0n) is 34.0. The van der Waals surface area contributed by atoms with Gasteiger partial charge in [0, 0.05) is 70.0 Å². The predicted molar refractivity (Wildman–Crippen MR) is 209 cm³/mol. The lowest BCUT2D eigenvalue weighted by molar-refractivity contribution is 0.0219. The standard InChI is InChI=1S/C27H38FN7O3Si.C12H17FN2O2/c1-26(2,3)38-25(36)33-12-9-27(28,17-33)22(7-10-29)35-16-20(15-32-35)23-21-8-11-34(24(21)31-18-30-23)19-37-13-14-39(4,5)6;1-11(2,3)17-10(16)15-8-6-12(13,9-15)5-4-7-14/h8,11,15-16,18,22H,7,9,12-14,17,19H2,1-6H3;4-5H,6,8-9H2,1-3H3. The Morgan fingerprint density at radius 3 is 2.25 bits per heavy atom. The second kappa shape index (κ2) is 17.5. The Balaban J connectivity index is 0.000000343. The Bertz CT molecular complexity index is 1950. The van der Waals surface area contributed by atoms with Crippen LogP contribution in [-0.4, -0.2) is 110 Å². The Kier molecular flexibility index (Phi) is 13.7. The summed E-state index contributed by atoms with van der Waals surface area (Å²) in [6.45, 7) is 18.9. The molecular formula is C39H55F2N9O5Si. The number of hydrogen-bond donors (Lipinski definition) is 0. The van der Waals surface area contributed by atoms with Crippen LogP contribution in [-0.2, 0) is 20.9 Å². The van der Waals surface area contributed by atoms with E-state index in [9.17, 15) is 19.2 Å². The van der Waals surface area contributed by atoms with Crippen molar-refractivity contribution in [2.45, 2.75) is 122 Å². The molecule has 5 rings (SSSR count). The molecule has 3 aromatic heterocycles. The van der Waals surface area contributed by atoms with E-state index < -0.39 is 48.8 Å². The van der Waals surface area contributed by atoms with Crippen LogP contribution in [0.1, 0.15) is 66.8 Å². The van der Waals surface area contributed by atoms with Crippen molar-refractivity contribution in [2.75, 3.05) is 32.8 Å². The number of rotatable bonds is 10. The van der Waals surface area contributed by atoms with Crippen molar-refractivity contribution in [1.29, 1.82) is 10.5 Å². The first kappa shape index (κ1) is 43.8. The minimum Gasteiger partial charge on any atom is -0.444 e. The molecule has 0 bridgehead atoms. The number of aromatic nitrogens is 5. The number of allylic oxidation sites excluding steroid dienone is 1. The number of ether oxygens (including phenoxy) is 3. The summed E-state index contributed by atoms with van der Waals surface area (Å²) >= 11 is 0. The molecule has 0 saturated carbocycles. The molecule has 2 aliphatic heterocycles. The number of halogens is 2. The van der Waals surface area contributed by atoms with Gasteiger partial charge in [0.2, 0.25) is 0 Å². The van der Waals surface area contributed by atoms with Crippen molar-refractivity contribution in [3.8, 4) is 23.4 Å². The van der Waals surface area contributed by atoms with Crippen LogP contribution < -0.4 is 0 Å². The largest absolute Gasteiger partial charge is 0.444 e. The molecule has 2 fully saturated rings. The summed E-state index contributed by atoms with van der Waals surface area (Å²) < 4.78 is 50.2. The SMILES string of the molecule is CC(C)(C)OC(=O)N1CCC(F)(C(CC#N)n2cc(-c3ncnc4c3ccn4COCC[Si](C)(C)C)cn2)C1.CC(C)(C)OC(=O)N1CCC(F)(C=CC#N)C1. The molecule has 0 spiro atoms. The van der Waals surface area contributed by atoms with Gasteiger partial charge in [-0.15, -0.1) is 0 Å². The van der Waals surface area contributed by atoms with Gasteiger partial charge in [-0.2, -0.15) is 15.6 Å². The molecule has 2 amide bonds. The molecule has 0 radical (unpaired) electrons. The van der Waals surface area contributed by atoms with Crippen molar-refractivity contribution in [2.24, 2.45) is 0 Å². The number of nitrogens with zero attached hydrogens (tertiary/aromatic N) is 9. The highest BCUT2D eigenvalue weighted by Gasteiger charge is 2.48. The van der Waals surface area contributed by atoms with E-state index in [1.807, 2.05) is 16.8 Å². The first-order chi connectivity index (χ1) is 26.1. The van der Waals surface area contributed by atoms with E-state index in [1.165, 1.54) is 26.9 Å². The highest BCUT2D eigenvalue weighted by Crippen LogP contribution is 2.39. The molecule has 2 aliphatic rings. The van der Waals surface area contributed by atoms with Gasteiger partial charge < -0.3 is 28.6 Å². The van der Waals surface area contributed by atoms with Gasteiger partial charge in [0.25, 0.3) is 0 Å². The van der Waals surface area contributed by atoms with E-state index in [0.29, 0.717) is 31.1 Å². The van der Waals surface area contributed by atoms with Gasteiger partial charge in [-0.05, 0) is 59.7 Å². The Morgan fingerprint density at radius 2 is 1.64 bits per heavy atom. The fraction of sp³-hybridized carbons (Fsp3) is 0.615. The van der Waals surface area contributed by atoms with Crippen LogP contribution in [0.4, 0.5) is 18.4 Å². The van der Waals surface area contributed by atoms with Gasteiger partial charge in [-0.25, -0.2) is 28.3 Å². The molecule has 14 nitrogen and oxygen atoms in total. The fourth-order valence-corrected chi connectivity index (χ4v) is 7.02. The molecule has 0 aliphatic carbocycles. The first-order valence-electron chi connectivity index (χ1n) is 18.8. The zero-order valence-corrected chi connectivity index (χ0v) is 35.0. The minimum atomic E-state index is -1.83. The van der Waals surface area contributed by atoms with Crippen LogP contribution in [0.25, 0.3) is 22.3 Å². The number of hydrogen-bond acceptors (Lipinski definition) is 10. The van der Waals surface area contributed by atoms with Crippen molar-refractivity contribution in [3.05, 3.63) is 43.1 Å². The second-order valence-corrected chi connectivity index (χ2v) is 23.1. The quantitative estimate of drug-likeness (QED) is 0.112. The molecule has 2 saturated heterocycles. The molecule has 3 unspecified atom stereocenters. The van der Waals surface area contributed by atoms with Crippen molar-refractivity contribution in [1.82, 2.24) is 34.1 Å². The normalized spacial score (nSPS) is 20.7. The van der Waals surface area contributed by atoms with Crippen LogP contribution in [0, 0.1) is 22.7 Å². The number of carbonyl (C=O) groups is 2. The molecule has 3 atom stereocenters. The Hall–Kier alpha value is -4.87. The predicted octanol–water partition coefficient (Wildman–Crippen LogP) is 7.83. The van der Waals surface area contributed by atoms with E-state index in [4.69, 9.17) is 19.5 Å². The van der Waals surface area contributed by atoms with Crippen LogP contribution in [0.3, 0.4) is 0 Å². The molecule has 5 heterocycles. The first-order valence-corrected chi connectivity index (χ1v) is 22.5. The number of carbonyl (C=O) groups excluding carboxylic acids is 2. The summed E-state index contributed by atoms with van der Waals surface area (Å²) in [6, 6.07) is 5.99. The molecule has 304 valence electrons. The zero-order chi connectivity index (χ0) is 41.5. The number of fused-ring (bicyclic) bond motifs is 1. The van der Waals surface area contributed by atoms with Gasteiger partial charge in [-0.3, -0.25) is 4.68 Å². The van der Waals surface area contributed by atoms with E-state index >= 15 is 4.39 Å². The van der Waals surface area contributed by atoms with Gasteiger partial charge >= 0.3 is 12.2 Å². The Labute approximate surface area is 329 Å². The minimum absolute atomic E-state index is 0.0555. The van der Waals surface area contributed by atoms with Crippen LogP contribution >= 0.6 is 0 Å². The Morgan fingerprint density at radius 1 is 1.00 bits per heavy atom. The number of nitriles is 2. The molecule has 56 heavy (non-hydrogen) atoms. The monoisotopic (exact) mass is 795 g/mol. The lowest BCUT2D eigenvalue weighted by atomic mass is 9.93. The van der Waals surface area contributed by atoms with Gasteiger partial charge in [0.15, 0.2) is 5.67 Å². The maximum Gasteiger partial charge on any atom is 0.410 e. The summed E-state index contributed by atoms with van der Waals surface area (Å²) in [5, 5.41) is 23.1. The van der Waals surface area contributed by atoms with Crippen molar-refractivity contribution < 1.29 is 32.6 Å². The fourth-order valence-electron chi connectivity index (χ4n) is 6.26. The second-order valence-electron chi connectivity index (χ2n) is 17.5. The van der Waals surface area contributed by atoms with Crippen molar-refractivity contribution in [3.63, 3.8) is 0 Å². The van der Waals surface area contributed by atoms with E-state index in [0.717, 1.165) is 23.2 Å². The topological polar surface area (TPSA) is 164 Å². The number of amides is 2. The highest BCUT2D eigenvalue weighted by atomic mass is 28.3. The third kappa shape index (κ3) is 12.1. The lowest BCUT2D eigenvalue weighted by Gasteiger charge is -2.29. The van der Waals surface area contributed by atoms with E-state index in [-0.39, 0.29) is 38.9 Å². The molecule has 0 N–H and O–H groups in total. The van der Waals surface area contributed by atoms with Gasteiger partial charge in [0.05, 0.1) is 43.5 Å². The third-order valence-corrected chi connectivity index (χ3v) is 10.8. The van der Waals surface area contributed by atoms with E-state index in [1.54, 1.807) is 60.0 Å². The maximum atomic E-state index is 16.3. The average Bonchev–Trinajstić information content (AvgIpc) is 3.90. The maximum absolute atomic E-state index is 16.3. The van der Waals surface area contributed by atoms with Crippen molar-refractivity contribution >= 4 is 31.3 Å². The molecule has 17 heteroatoms. The summed E-state index contributed by atoms with van der Waals surface area (Å²) in [6.07, 6.45) is 8.18. The lowest BCUT2D eigenvalue weighted by Crippen LogP contribution is -2.41. The van der Waals surface area contributed by atoms with E-state index in [2.05, 4.69) is 40.8 Å². The van der Waals surface area contributed by atoms with Crippen LogP contribution in [0.5, 0.6) is 0 Å². The highest BCUT2D eigenvalue weighted by molar-refractivity contribution is 6.76. The average molecular weight is 796 g/mol. The van der Waals surface area contributed by atoms with Crippen LogP contribution in [0.2, 0.25) is 25.7 Å². The summed E-state index contributed by atoms with van der Waals surface area (Å²) in [5.41, 5.74) is -2.60. The molecule has 0 aromatic carbocycles. The molecule has 3 aromatic rings. The number of likely N-dealkylation sites (tertiary alicyclic amines) is 2. The summed E-state index contributed by atoms with van der Waals surface area (Å²) in [5.74, 6) is 0. The van der Waals surface area contributed by atoms with Gasteiger partial charge in [0.1, 0.15) is 41.6 Å². The third-order valence-electron chi connectivity index (χ3n) is 9.12. The van der Waals surface area contributed by atoms with Gasteiger partial charge in [-0.1, -0.05) is 19.6 Å². The summed E-state index contributed by atoms with van der Waals surface area (Å²) in [7, 11) is -1.18.